The van der Waals surface area contributed by atoms with Crippen LogP contribution in [0.3, 0.4) is 0 Å². The van der Waals surface area contributed by atoms with Crippen LogP contribution >= 0.6 is 11.6 Å². The molecular weight excluding hydrogens is 390 g/mol. The summed E-state index contributed by atoms with van der Waals surface area (Å²) in [4.78, 5) is 11.7. The fraction of sp³-hybridized carbons (Fsp3) is 0.421. The van der Waals surface area contributed by atoms with Crippen LogP contribution in [0.5, 0.6) is 5.75 Å². The summed E-state index contributed by atoms with van der Waals surface area (Å²) in [6.07, 6.45) is -2.68. The average molecular weight is 410 g/mol. The number of halogens is 1. The van der Waals surface area contributed by atoms with Gasteiger partial charge < -0.3 is 33.8 Å². The van der Waals surface area contributed by atoms with Gasteiger partial charge in [-0.3, -0.25) is 4.79 Å². The lowest BCUT2D eigenvalue weighted by molar-refractivity contribution is -0.336. The SMILES string of the molecule is CC(=O)N[C@@H]1[C@@H](Oc2ccccc2Cl)O[C@@H]2CO[C@H](c3ccco3)O[C@@H]2[C@@H]1O. The molecule has 0 aliphatic carbocycles. The first-order valence-corrected chi connectivity index (χ1v) is 9.23. The average Bonchev–Trinajstić information content (AvgIpc) is 3.21. The van der Waals surface area contributed by atoms with E-state index in [4.69, 9.17) is 35.0 Å². The highest BCUT2D eigenvalue weighted by Gasteiger charge is 2.51. The highest BCUT2D eigenvalue weighted by Crippen LogP contribution is 2.35. The van der Waals surface area contributed by atoms with Gasteiger partial charge in [-0.25, -0.2) is 0 Å². The summed E-state index contributed by atoms with van der Waals surface area (Å²) in [6, 6.07) is 9.45. The summed E-state index contributed by atoms with van der Waals surface area (Å²) >= 11 is 6.16. The van der Waals surface area contributed by atoms with Gasteiger partial charge in [0.2, 0.25) is 18.5 Å². The molecule has 150 valence electrons. The third-order valence-corrected chi connectivity index (χ3v) is 4.90. The van der Waals surface area contributed by atoms with Crippen molar-refractivity contribution in [3.8, 4) is 5.75 Å². The number of benzene rings is 1. The van der Waals surface area contributed by atoms with Crippen molar-refractivity contribution in [3.05, 3.63) is 53.4 Å². The number of aliphatic hydroxyl groups excluding tert-OH is 1. The topological polar surface area (TPSA) is 99.4 Å². The molecule has 1 aromatic heterocycles. The quantitative estimate of drug-likeness (QED) is 0.796. The number of hydrogen-bond acceptors (Lipinski definition) is 7. The fourth-order valence-electron chi connectivity index (χ4n) is 3.32. The zero-order chi connectivity index (χ0) is 19.7. The maximum atomic E-state index is 11.7. The Bertz CT molecular complexity index is 814. The maximum absolute atomic E-state index is 11.7. The lowest BCUT2D eigenvalue weighted by Gasteiger charge is -2.47. The van der Waals surface area contributed by atoms with Crippen molar-refractivity contribution in [1.82, 2.24) is 5.32 Å². The van der Waals surface area contributed by atoms with E-state index >= 15 is 0 Å². The third-order valence-electron chi connectivity index (χ3n) is 4.59. The molecule has 8 nitrogen and oxygen atoms in total. The molecule has 0 saturated carbocycles. The number of rotatable bonds is 4. The molecule has 2 aromatic rings. The van der Waals surface area contributed by atoms with Crippen molar-refractivity contribution < 1.29 is 33.3 Å². The van der Waals surface area contributed by atoms with E-state index in [1.165, 1.54) is 13.2 Å². The molecule has 0 unspecified atom stereocenters. The van der Waals surface area contributed by atoms with Gasteiger partial charge in [-0.2, -0.15) is 0 Å². The number of hydrogen-bond donors (Lipinski definition) is 2. The highest BCUT2D eigenvalue weighted by atomic mass is 35.5. The number of carbonyl (C=O) groups is 1. The van der Waals surface area contributed by atoms with E-state index in [9.17, 15) is 9.90 Å². The second-order valence-electron chi connectivity index (χ2n) is 6.59. The van der Waals surface area contributed by atoms with Crippen molar-refractivity contribution in [2.45, 2.75) is 43.9 Å². The smallest absolute Gasteiger partial charge is 0.223 e. The van der Waals surface area contributed by atoms with Crippen LogP contribution in [0.4, 0.5) is 0 Å². The van der Waals surface area contributed by atoms with Gasteiger partial charge in [-0.15, -0.1) is 0 Å². The van der Waals surface area contributed by atoms with E-state index in [2.05, 4.69) is 5.32 Å². The van der Waals surface area contributed by atoms with Crippen molar-refractivity contribution in [3.63, 3.8) is 0 Å². The number of aliphatic hydroxyl groups is 1. The second kappa shape index (κ2) is 8.10. The summed E-state index contributed by atoms with van der Waals surface area (Å²) < 4.78 is 28.6. The van der Waals surface area contributed by atoms with Gasteiger partial charge in [0.1, 0.15) is 30.1 Å². The van der Waals surface area contributed by atoms with Crippen molar-refractivity contribution in [2.75, 3.05) is 6.61 Å². The van der Waals surface area contributed by atoms with Gasteiger partial charge in [0.05, 0.1) is 17.9 Å². The molecular formula is C19H20ClNO7. The number of ether oxygens (including phenoxy) is 4. The molecule has 2 aliphatic rings. The summed E-state index contributed by atoms with van der Waals surface area (Å²) in [6.45, 7) is 1.50. The molecule has 0 spiro atoms. The van der Waals surface area contributed by atoms with Crippen molar-refractivity contribution in [2.24, 2.45) is 0 Å². The lowest BCUT2D eigenvalue weighted by atomic mass is 9.96. The molecule has 1 aromatic carbocycles. The van der Waals surface area contributed by atoms with Crippen LogP contribution < -0.4 is 10.1 Å². The molecule has 2 fully saturated rings. The Morgan fingerprint density at radius 2 is 2.07 bits per heavy atom. The summed E-state index contributed by atoms with van der Waals surface area (Å²) in [5, 5.41) is 14.0. The Hall–Kier alpha value is -2.10. The van der Waals surface area contributed by atoms with Crippen LogP contribution in [-0.2, 0) is 19.0 Å². The Morgan fingerprint density at radius 1 is 1.25 bits per heavy atom. The molecule has 0 radical (unpaired) electrons. The normalized spacial score (nSPS) is 32.4. The summed E-state index contributed by atoms with van der Waals surface area (Å²) in [5.41, 5.74) is 0. The number of para-hydroxylation sites is 1. The number of nitrogens with one attached hydrogen (secondary N) is 1. The first kappa shape index (κ1) is 19.2. The standard InChI is InChI=1S/C19H20ClNO7/c1-10(22)21-15-16(23)17-14(9-25-18(28-17)13-7-4-8-24-13)27-19(15)26-12-6-3-2-5-11(12)20/h2-8,14-19,23H,9H2,1H3,(H,21,22)/t14-,15+,16-,17+,18+,19+/m1/s1. The predicted molar refractivity (Wildman–Crippen MR) is 96.6 cm³/mol. The third kappa shape index (κ3) is 3.87. The zero-order valence-electron chi connectivity index (χ0n) is 15.0. The minimum atomic E-state index is -1.10. The van der Waals surface area contributed by atoms with Crippen molar-refractivity contribution in [1.29, 1.82) is 0 Å². The van der Waals surface area contributed by atoms with E-state index < -0.39 is 36.9 Å². The van der Waals surface area contributed by atoms with Gasteiger partial charge in [0.25, 0.3) is 0 Å². The zero-order valence-corrected chi connectivity index (χ0v) is 15.7. The fourth-order valence-corrected chi connectivity index (χ4v) is 3.50. The molecule has 1 amide bonds. The molecule has 2 saturated heterocycles. The number of amides is 1. The van der Waals surface area contributed by atoms with Gasteiger partial charge in [-0.1, -0.05) is 23.7 Å². The van der Waals surface area contributed by atoms with Gasteiger partial charge in [0.15, 0.2) is 5.76 Å². The minimum Gasteiger partial charge on any atom is -0.464 e. The predicted octanol–water partition coefficient (Wildman–Crippen LogP) is 2.02. The van der Waals surface area contributed by atoms with E-state index in [1.54, 1.807) is 36.4 Å². The van der Waals surface area contributed by atoms with E-state index in [0.29, 0.717) is 16.5 Å². The molecule has 3 heterocycles. The molecule has 6 atom stereocenters. The Morgan fingerprint density at radius 3 is 2.79 bits per heavy atom. The summed E-state index contributed by atoms with van der Waals surface area (Å²) in [7, 11) is 0. The molecule has 0 bridgehead atoms. The lowest BCUT2D eigenvalue weighted by Crippen LogP contribution is -2.67. The number of furan rings is 1. The minimum absolute atomic E-state index is 0.155. The monoisotopic (exact) mass is 409 g/mol. The number of carbonyl (C=O) groups excluding carboxylic acids is 1. The largest absolute Gasteiger partial charge is 0.464 e. The Labute approximate surface area is 166 Å². The molecule has 2 aliphatic heterocycles. The maximum Gasteiger partial charge on any atom is 0.223 e. The van der Waals surface area contributed by atoms with Gasteiger partial charge >= 0.3 is 0 Å². The van der Waals surface area contributed by atoms with E-state index in [1.807, 2.05) is 0 Å². The van der Waals surface area contributed by atoms with Gasteiger partial charge in [0, 0.05) is 6.92 Å². The van der Waals surface area contributed by atoms with Crippen LogP contribution in [-0.4, -0.2) is 48.3 Å². The van der Waals surface area contributed by atoms with Gasteiger partial charge in [-0.05, 0) is 24.3 Å². The van der Waals surface area contributed by atoms with Crippen LogP contribution in [0, 0.1) is 0 Å². The highest BCUT2D eigenvalue weighted by molar-refractivity contribution is 6.32. The molecule has 9 heteroatoms. The number of fused-ring (bicyclic) bond motifs is 1. The summed E-state index contributed by atoms with van der Waals surface area (Å²) in [5.74, 6) is 0.519. The van der Waals surface area contributed by atoms with Crippen LogP contribution in [0.2, 0.25) is 5.02 Å². The van der Waals surface area contributed by atoms with Crippen molar-refractivity contribution >= 4 is 17.5 Å². The first-order valence-electron chi connectivity index (χ1n) is 8.85. The van der Waals surface area contributed by atoms with Crippen LogP contribution in [0.1, 0.15) is 19.0 Å². The Balaban J connectivity index is 1.55. The van der Waals surface area contributed by atoms with Crippen LogP contribution in [0.25, 0.3) is 0 Å². The van der Waals surface area contributed by atoms with E-state index in [0.717, 1.165) is 0 Å². The molecule has 2 N–H and O–H groups in total. The van der Waals surface area contributed by atoms with Crippen LogP contribution in [0.15, 0.2) is 47.1 Å². The molecule has 4 rings (SSSR count). The molecule has 28 heavy (non-hydrogen) atoms. The Kier molecular flexibility index (Phi) is 5.56. The van der Waals surface area contributed by atoms with E-state index in [-0.39, 0.29) is 12.5 Å². The second-order valence-corrected chi connectivity index (χ2v) is 7.00. The first-order chi connectivity index (χ1) is 13.5.